The van der Waals surface area contributed by atoms with Gasteiger partial charge < -0.3 is 5.11 Å². The number of hydrogen-bond donors (Lipinski definition) is 1. The van der Waals surface area contributed by atoms with Gasteiger partial charge in [-0.05, 0) is 59.2 Å². The van der Waals surface area contributed by atoms with Gasteiger partial charge in [-0.1, -0.05) is 11.6 Å². The molecule has 0 saturated heterocycles. The van der Waals surface area contributed by atoms with E-state index in [1.54, 1.807) is 0 Å². The van der Waals surface area contributed by atoms with Crippen molar-refractivity contribution >= 4 is 34.2 Å². The lowest BCUT2D eigenvalue weighted by atomic mass is 10.0. The summed E-state index contributed by atoms with van der Waals surface area (Å²) in [5.41, 5.74) is 0.889. The van der Waals surface area contributed by atoms with E-state index in [4.69, 9.17) is 18.0 Å². The highest BCUT2D eigenvalue weighted by Gasteiger charge is 2.11. The summed E-state index contributed by atoms with van der Waals surface area (Å²) in [6.07, 6.45) is 6.90. The van der Waals surface area contributed by atoms with E-state index in [1.807, 2.05) is 18.2 Å². The van der Waals surface area contributed by atoms with Crippen molar-refractivity contribution in [2.24, 2.45) is 0 Å². The number of unbranched alkanes of at least 4 members (excludes halogenated alkanes) is 1. The monoisotopic (exact) mass is 334 g/mol. The van der Waals surface area contributed by atoms with Crippen LogP contribution in [0.4, 0.5) is 0 Å². The Bertz CT molecular complexity index is 370. The minimum absolute atomic E-state index is 0.469. The molecule has 0 heterocycles. The molecular formula is C12H12ClIO. The van der Waals surface area contributed by atoms with Crippen LogP contribution in [0.3, 0.4) is 0 Å². The molecule has 1 atom stereocenters. The van der Waals surface area contributed by atoms with Crippen LogP contribution in [0.15, 0.2) is 18.2 Å². The highest BCUT2D eigenvalue weighted by molar-refractivity contribution is 14.1. The van der Waals surface area contributed by atoms with Gasteiger partial charge in [0.2, 0.25) is 0 Å². The number of aliphatic hydroxyl groups excluding tert-OH is 1. The fourth-order valence-electron chi connectivity index (χ4n) is 1.32. The average Bonchev–Trinajstić information content (AvgIpc) is 2.22. The van der Waals surface area contributed by atoms with Crippen molar-refractivity contribution in [1.29, 1.82) is 0 Å². The van der Waals surface area contributed by atoms with Gasteiger partial charge in [-0.25, -0.2) is 0 Å². The van der Waals surface area contributed by atoms with Gasteiger partial charge in [-0.3, -0.25) is 0 Å². The van der Waals surface area contributed by atoms with Crippen LogP contribution in [-0.2, 0) is 0 Å². The van der Waals surface area contributed by atoms with Gasteiger partial charge in [0.05, 0.1) is 6.10 Å². The molecular weight excluding hydrogens is 322 g/mol. The molecule has 1 rings (SSSR count). The summed E-state index contributed by atoms with van der Waals surface area (Å²) in [7, 11) is 0. The van der Waals surface area contributed by atoms with Gasteiger partial charge in [0.1, 0.15) is 0 Å². The average molecular weight is 335 g/mol. The lowest BCUT2D eigenvalue weighted by molar-refractivity contribution is 0.164. The topological polar surface area (TPSA) is 20.2 Å². The second kappa shape index (κ2) is 6.37. The largest absolute Gasteiger partial charge is 0.388 e. The van der Waals surface area contributed by atoms with E-state index >= 15 is 0 Å². The standard InChI is InChI=1S/C12H12ClIO/c1-2-3-4-5-12(15)10-8-9(13)6-7-11(10)14/h1,6-8,12,15H,3-5H2. The highest BCUT2D eigenvalue weighted by Crippen LogP contribution is 2.26. The Morgan fingerprint density at radius 2 is 2.27 bits per heavy atom. The summed E-state index contributed by atoms with van der Waals surface area (Å²) in [5, 5.41) is 10.6. The normalized spacial score (nSPS) is 12.1. The maximum atomic E-state index is 9.92. The molecule has 0 aliphatic rings. The van der Waals surface area contributed by atoms with E-state index < -0.39 is 6.10 Å². The summed E-state index contributed by atoms with van der Waals surface area (Å²) in [6, 6.07) is 5.54. The van der Waals surface area contributed by atoms with Crippen LogP contribution < -0.4 is 0 Å². The maximum Gasteiger partial charge on any atom is 0.0801 e. The van der Waals surface area contributed by atoms with Gasteiger partial charge in [-0.15, -0.1) is 12.3 Å². The summed E-state index contributed by atoms with van der Waals surface area (Å²) in [4.78, 5) is 0. The summed E-state index contributed by atoms with van der Waals surface area (Å²) in [5.74, 6) is 2.56. The molecule has 0 saturated carbocycles. The highest BCUT2D eigenvalue weighted by atomic mass is 127. The molecule has 1 nitrogen and oxygen atoms in total. The third kappa shape index (κ3) is 4.02. The molecule has 0 radical (unpaired) electrons. The number of rotatable bonds is 4. The molecule has 0 aliphatic carbocycles. The first-order chi connectivity index (χ1) is 7.15. The van der Waals surface area contributed by atoms with Crippen LogP contribution in [-0.4, -0.2) is 5.11 Å². The minimum atomic E-state index is -0.469. The molecule has 0 fully saturated rings. The molecule has 1 unspecified atom stereocenters. The Balaban J connectivity index is 2.69. The zero-order valence-corrected chi connectivity index (χ0v) is 11.1. The summed E-state index contributed by atoms with van der Waals surface area (Å²) >= 11 is 8.07. The molecule has 15 heavy (non-hydrogen) atoms. The molecule has 3 heteroatoms. The third-order valence-corrected chi connectivity index (χ3v) is 3.33. The second-order valence-corrected chi connectivity index (χ2v) is 4.88. The predicted molar refractivity (Wildman–Crippen MR) is 71.8 cm³/mol. The quantitative estimate of drug-likeness (QED) is 0.505. The van der Waals surface area contributed by atoms with Gasteiger partial charge in [0.15, 0.2) is 0 Å². The lowest BCUT2D eigenvalue weighted by Crippen LogP contribution is -1.99. The van der Waals surface area contributed by atoms with Gasteiger partial charge >= 0.3 is 0 Å². The third-order valence-electron chi connectivity index (χ3n) is 2.12. The van der Waals surface area contributed by atoms with Gasteiger partial charge in [-0.2, -0.15) is 0 Å². The van der Waals surface area contributed by atoms with Crippen molar-refractivity contribution in [2.45, 2.75) is 25.4 Å². The molecule has 1 aromatic rings. The molecule has 0 aliphatic heterocycles. The first kappa shape index (κ1) is 12.8. The van der Waals surface area contributed by atoms with Crippen LogP contribution >= 0.6 is 34.2 Å². The zero-order valence-electron chi connectivity index (χ0n) is 8.21. The van der Waals surface area contributed by atoms with Crippen molar-refractivity contribution in [2.75, 3.05) is 0 Å². The first-order valence-corrected chi connectivity index (χ1v) is 6.17. The number of halogens is 2. The second-order valence-electron chi connectivity index (χ2n) is 3.28. The Morgan fingerprint density at radius 3 is 2.93 bits per heavy atom. The van der Waals surface area contributed by atoms with E-state index in [9.17, 15) is 5.11 Å². The van der Waals surface area contributed by atoms with Crippen molar-refractivity contribution in [1.82, 2.24) is 0 Å². The predicted octanol–water partition coefficient (Wildman–Crippen LogP) is 3.78. The van der Waals surface area contributed by atoms with E-state index in [2.05, 4.69) is 28.5 Å². The van der Waals surface area contributed by atoms with E-state index in [1.165, 1.54) is 0 Å². The Kier molecular flexibility index (Phi) is 5.44. The van der Waals surface area contributed by atoms with Crippen LogP contribution in [0, 0.1) is 15.9 Å². The van der Waals surface area contributed by atoms with Crippen molar-refractivity contribution in [3.05, 3.63) is 32.4 Å². The van der Waals surface area contributed by atoms with Crippen LogP contribution in [0.2, 0.25) is 5.02 Å². The zero-order chi connectivity index (χ0) is 11.3. The maximum absolute atomic E-state index is 9.92. The smallest absolute Gasteiger partial charge is 0.0801 e. The molecule has 0 aromatic heterocycles. The van der Waals surface area contributed by atoms with Crippen molar-refractivity contribution in [3.8, 4) is 12.3 Å². The van der Waals surface area contributed by atoms with Gasteiger partial charge in [0, 0.05) is 15.0 Å². The number of aliphatic hydroxyl groups is 1. The number of hydrogen-bond acceptors (Lipinski definition) is 1. The SMILES string of the molecule is C#CCCCC(O)c1cc(Cl)ccc1I. The molecule has 0 amide bonds. The minimum Gasteiger partial charge on any atom is -0.388 e. The molecule has 0 spiro atoms. The van der Waals surface area contributed by atoms with Crippen molar-refractivity contribution in [3.63, 3.8) is 0 Å². The molecule has 1 aromatic carbocycles. The fourth-order valence-corrected chi connectivity index (χ4v) is 2.20. The van der Waals surface area contributed by atoms with Crippen LogP contribution in [0.5, 0.6) is 0 Å². The van der Waals surface area contributed by atoms with E-state index in [-0.39, 0.29) is 0 Å². The lowest BCUT2D eigenvalue weighted by Gasteiger charge is -2.12. The Labute approximate surface area is 109 Å². The molecule has 0 bridgehead atoms. The van der Waals surface area contributed by atoms with Crippen molar-refractivity contribution < 1.29 is 5.11 Å². The Hall–Kier alpha value is -0.240. The van der Waals surface area contributed by atoms with Crippen LogP contribution in [0.1, 0.15) is 30.9 Å². The fraction of sp³-hybridized carbons (Fsp3) is 0.333. The summed E-state index contributed by atoms with van der Waals surface area (Å²) < 4.78 is 1.03. The number of terminal acetylenes is 1. The summed E-state index contributed by atoms with van der Waals surface area (Å²) in [6.45, 7) is 0. The Morgan fingerprint density at radius 1 is 1.53 bits per heavy atom. The first-order valence-electron chi connectivity index (χ1n) is 4.71. The van der Waals surface area contributed by atoms with Crippen LogP contribution in [0.25, 0.3) is 0 Å². The molecule has 80 valence electrons. The van der Waals surface area contributed by atoms with E-state index in [0.29, 0.717) is 17.9 Å². The molecule has 1 N–H and O–H groups in total. The number of benzene rings is 1. The van der Waals surface area contributed by atoms with Gasteiger partial charge in [0.25, 0.3) is 0 Å². The van der Waals surface area contributed by atoms with E-state index in [0.717, 1.165) is 15.6 Å².